The lowest BCUT2D eigenvalue weighted by molar-refractivity contribution is -0.120. The van der Waals surface area contributed by atoms with Crippen LogP contribution in [0.3, 0.4) is 0 Å². The lowest BCUT2D eigenvalue weighted by Gasteiger charge is -2.10. The van der Waals surface area contributed by atoms with Gasteiger partial charge in [0.1, 0.15) is 5.82 Å². The van der Waals surface area contributed by atoms with Crippen LogP contribution in [0, 0.1) is 19.7 Å². The summed E-state index contributed by atoms with van der Waals surface area (Å²) in [7, 11) is 0. The molecule has 0 atom stereocenters. The van der Waals surface area contributed by atoms with Gasteiger partial charge >= 0.3 is 0 Å². The average molecular weight is 343 g/mol. The van der Waals surface area contributed by atoms with Crippen molar-refractivity contribution >= 4 is 17.7 Å². The molecule has 0 aliphatic rings. The number of amides is 3. The fourth-order valence-corrected chi connectivity index (χ4v) is 2.21. The quantitative estimate of drug-likeness (QED) is 0.738. The Morgan fingerprint density at radius 1 is 0.920 bits per heavy atom. The van der Waals surface area contributed by atoms with Crippen molar-refractivity contribution in [3.63, 3.8) is 0 Å². The molecule has 0 aliphatic carbocycles. The number of nitrogens with one attached hydrogen (secondary N) is 3. The van der Waals surface area contributed by atoms with Gasteiger partial charge in [-0.3, -0.25) is 25.2 Å². The Morgan fingerprint density at radius 3 is 2.32 bits per heavy atom. The maximum absolute atomic E-state index is 13.5. The zero-order valence-electron chi connectivity index (χ0n) is 13.9. The van der Waals surface area contributed by atoms with Crippen LogP contribution in [-0.4, -0.2) is 24.3 Å². The van der Waals surface area contributed by atoms with Gasteiger partial charge in [-0.25, -0.2) is 4.39 Å². The maximum Gasteiger partial charge on any atom is 0.269 e. The first-order valence-corrected chi connectivity index (χ1v) is 7.57. The van der Waals surface area contributed by atoms with E-state index in [1.165, 1.54) is 18.2 Å². The summed E-state index contributed by atoms with van der Waals surface area (Å²) in [4.78, 5) is 35.5. The number of rotatable bonds is 4. The van der Waals surface area contributed by atoms with Gasteiger partial charge in [0.25, 0.3) is 17.7 Å². The fraction of sp³-hybridized carbons (Fsp3) is 0.167. The van der Waals surface area contributed by atoms with Gasteiger partial charge in [-0.2, -0.15) is 0 Å². The third kappa shape index (κ3) is 4.87. The van der Waals surface area contributed by atoms with E-state index in [0.717, 1.165) is 17.2 Å². The molecule has 0 aliphatic heterocycles. The van der Waals surface area contributed by atoms with E-state index in [1.807, 2.05) is 13.0 Å². The molecule has 2 rings (SSSR count). The second kappa shape index (κ2) is 8.05. The van der Waals surface area contributed by atoms with Crippen LogP contribution in [0.15, 0.2) is 42.5 Å². The van der Waals surface area contributed by atoms with E-state index in [9.17, 15) is 18.8 Å². The van der Waals surface area contributed by atoms with Crippen molar-refractivity contribution in [2.75, 3.05) is 6.54 Å². The molecule has 0 radical (unpaired) electrons. The Kier molecular flexibility index (Phi) is 5.84. The highest BCUT2D eigenvalue weighted by atomic mass is 19.1. The van der Waals surface area contributed by atoms with E-state index in [4.69, 9.17) is 0 Å². The first-order chi connectivity index (χ1) is 11.9. The molecule has 0 bridgehead atoms. The number of hydrogen-bond acceptors (Lipinski definition) is 3. The Balaban J connectivity index is 1.83. The maximum atomic E-state index is 13.5. The first-order valence-electron chi connectivity index (χ1n) is 7.57. The van der Waals surface area contributed by atoms with E-state index >= 15 is 0 Å². The average Bonchev–Trinajstić information content (AvgIpc) is 2.58. The first kappa shape index (κ1) is 18.1. The Bertz CT molecular complexity index is 821. The van der Waals surface area contributed by atoms with Crippen LogP contribution in [0.1, 0.15) is 31.8 Å². The summed E-state index contributed by atoms with van der Waals surface area (Å²) >= 11 is 0. The van der Waals surface area contributed by atoms with Gasteiger partial charge in [0, 0.05) is 5.56 Å². The molecule has 25 heavy (non-hydrogen) atoms. The molecule has 0 saturated heterocycles. The van der Waals surface area contributed by atoms with Crippen molar-refractivity contribution in [1.29, 1.82) is 0 Å². The highest BCUT2D eigenvalue weighted by Crippen LogP contribution is 2.10. The SMILES string of the molecule is Cc1ccc(C(=O)NNC(=O)CNC(=O)c2ccccc2F)c(C)c1. The number of aryl methyl sites for hydroxylation is 2. The molecule has 2 aromatic rings. The summed E-state index contributed by atoms with van der Waals surface area (Å²) in [5.41, 5.74) is 6.54. The summed E-state index contributed by atoms with van der Waals surface area (Å²) in [6, 6.07) is 10.7. The zero-order chi connectivity index (χ0) is 18.4. The highest BCUT2D eigenvalue weighted by molar-refractivity contribution is 5.98. The third-order valence-electron chi connectivity index (χ3n) is 3.47. The lowest BCUT2D eigenvalue weighted by Crippen LogP contribution is -2.46. The predicted octanol–water partition coefficient (Wildman–Crippen LogP) is 1.63. The fourth-order valence-electron chi connectivity index (χ4n) is 2.21. The van der Waals surface area contributed by atoms with Gasteiger partial charge in [0.2, 0.25) is 0 Å². The Morgan fingerprint density at radius 2 is 1.64 bits per heavy atom. The van der Waals surface area contributed by atoms with Crippen LogP contribution in [0.5, 0.6) is 0 Å². The molecule has 0 spiro atoms. The molecule has 6 nitrogen and oxygen atoms in total. The molecular formula is C18H18FN3O3. The van der Waals surface area contributed by atoms with Crippen LogP contribution >= 0.6 is 0 Å². The molecule has 7 heteroatoms. The van der Waals surface area contributed by atoms with Gasteiger partial charge in [-0.1, -0.05) is 29.8 Å². The number of halogens is 1. The third-order valence-corrected chi connectivity index (χ3v) is 3.47. The molecule has 0 heterocycles. The zero-order valence-corrected chi connectivity index (χ0v) is 13.9. The summed E-state index contributed by atoms with van der Waals surface area (Å²) in [6.07, 6.45) is 0. The molecule has 0 fully saturated rings. The van der Waals surface area contributed by atoms with E-state index in [0.29, 0.717) is 5.56 Å². The van der Waals surface area contributed by atoms with Crippen molar-refractivity contribution < 1.29 is 18.8 Å². The number of hydrazine groups is 1. The monoisotopic (exact) mass is 343 g/mol. The van der Waals surface area contributed by atoms with Crippen LogP contribution in [0.2, 0.25) is 0 Å². The van der Waals surface area contributed by atoms with Crippen LogP contribution in [0.25, 0.3) is 0 Å². The van der Waals surface area contributed by atoms with Gasteiger partial charge in [0.05, 0.1) is 12.1 Å². The summed E-state index contributed by atoms with van der Waals surface area (Å²) in [5, 5.41) is 2.28. The second-order valence-corrected chi connectivity index (χ2v) is 5.48. The van der Waals surface area contributed by atoms with Crippen molar-refractivity contribution in [1.82, 2.24) is 16.2 Å². The van der Waals surface area contributed by atoms with Gasteiger partial charge in [-0.05, 0) is 37.6 Å². The largest absolute Gasteiger partial charge is 0.343 e. The van der Waals surface area contributed by atoms with Gasteiger partial charge < -0.3 is 5.32 Å². The van der Waals surface area contributed by atoms with Crippen molar-refractivity contribution in [2.45, 2.75) is 13.8 Å². The smallest absolute Gasteiger partial charge is 0.269 e. The molecule has 130 valence electrons. The molecule has 0 saturated carbocycles. The molecule has 3 amide bonds. The topological polar surface area (TPSA) is 87.3 Å². The van der Waals surface area contributed by atoms with E-state index in [-0.39, 0.29) is 5.56 Å². The van der Waals surface area contributed by atoms with Gasteiger partial charge in [-0.15, -0.1) is 0 Å². The number of hydrogen-bond donors (Lipinski definition) is 3. The lowest BCUT2D eigenvalue weighted by atomic mass is 10.1. The Labute approximate surface area is 144 Å². The number of benzene rings is 2. The van der Waals surface area contributed by atoms with Crippen LogP contribution in [-0.2, 0) is 4.79 Å². The van der Waals surface area contributed by atoms with Crippen LogP contribution < -0.4 is 16.2 Å². The summed E-state index contributed by atoms with van der Waals surface area (Å²) in [5.74, 6) is -2.49. The molecular weight excluding hydrogens is 325 g/mol. The summed E-state index contributed by atoms with van der Waals surface area (Å²) < 4.78 is 13.5. The van der Waals surface area contributed by atoms with E-state index in [2.05, 4.69) is 16.2 Å². The summed E-state index contributed by atoms with van der Waals surface area (Å²) in [6.45, 7) is 3.30. The predicted molar refractivity (Wildman–Crippen MR) is 90.3 cm³/mol. The van der Waals surface area contributed by atoms with Crippen LogP contribution in [0.4, 0.5) is 4.39 Å². The standard InChI is InChI=1S/C18H18FN3O3/c1-11-7-8-13(12(2)9-11)18(25)22-21-16(23)10-20-17(24)14-5-3-4-6-15(14)19/h3-9H,10H2,1-2H3,(H,20,24)(H,21,23)(H,22,25). The van der Waals surface area contributed by atoms with Crippen molar-refractivity contribution in [3.05, 3.63) is 70.5 Å². The normalized spacial score (nSPS) is 10.0. The van der Waals surface area contributed by atoms with Crippen molar-refractivity contribution in [3.8, 4) is 0 Å². The number of carbonyl (C=O) groups excluding carboxylic acids is 3. The van der Waals surface area contributed by atoms with Crippen molar-refractivity contribution in [2.24, 2.45) is 0 Å². The molecule has 2 aromatic carbocycles. The van der Waals surface area contributed by atoms with E-state index in [1.54, 1.807) is 19.1 Å². The molecule has 0 aromatic heterocycles. The minimum atomic E-state index is -0.714. The molecule has 0 unspecified atom stereocenters. The van der Waals surface area contributed by atoms with Gasteiger partial charge in [0.15, 0.2) is 0 Å². The minimum Gasteiger partial charge on any atom is -0.343 e. The number of carbonyl (C=O) groups is 3. The highest BCUT2D eigenvalue weighted by Gasteiger charge is 2.13. The molecule has 3 N–H and O–H groups in total. The Hall–Kier alpha value is -3.22. The van der Waals surface area contributed by atoms with E-state index < -0.39 is 30.1 Å². The minimum absolute atomic E-state index is 0.158. The second-order valence-electron chi connectivity index (χ2n) is 5.48.